The summed E-state index contributed by atoms with van der Waals surface area (Å²) >= 11 is 8.33. The van der Waals surface area contributed by atoms with E-state index in [1.54, 1.807) is 0 Å². The van der Waals surface area contributed by atoms with Crippen LogP contribution in [0, 0.1) is 16.6 Å². The van der Waals surface area contributed by atoms with Crippen LogP contribution in [0.25, 0.3) is 22.2 Å². The van der Waals surface area contributed by atoms with Crippen LogP contribution in [0.15, 0.2) is 45.3 Å². The molecule has 236 valence electrons. The number of aromatic nitrogens is 4. The molecule has 2 aliphatic carbocycles. The van der Waals surface area contributed by atoms with Crippen molar-refractivity contribution in [3.8, 4) is 0 Å². The number of hydrogen-bond acceptors (Lipinski definition) is 9. The molecule has 0 spiro atoms. The minimum absolute atomic E-state index is 0. The largest absolute Gasteiger partial charge is 0.405 e. The van der Waals surface area contributed by atoms with Gasteiger partial charge in [-0.2, -0.15) is 4.98 Å². The van der Waals surface area contributed by atoms with Gasteiger partial charge in [0.15, 0.2) is 9.93 Å². The zero-order chi connectivity index (χ0) is 29.5. The van der Waals surface area contributed by atoms with Gasteiger partial charge >= 0.3 is 11.3 Å². The van der Waals surface area contributed by atoms with Gasteiger partial charge in [0, 0.05) is 12.1 Å². The highest BCUT2D eigenvalue weighted by Gasteiger charge is 2.22. The zero-order valence-electron chi connectivity index (χ0n) is 23.0. The van der Waals surface area contributed by atoms with Gasteiger partial charge in [-0.1, -0.05) is 87.7 Å². The van der Waals surface area contributed by atoms with Gasteiger partial charge in [0.2, 0.25) is 11.4 Å². The van der Waals surface area contributed by atoms with E-state index in [9.17, 15) is 19.2 Å². The standard InChI is InChI=1S/C14H16N2O3S.C13H14N2O3S.CH3I.2CH4/c1-20-14-15-12(18)11-9(4-2-3-8-5-6-8)7-10(17)19-13(11)16-14;16-9-6-8(3-1-2-7-4-5-7)10-11(17)14-13(19)15-12(10)18-9;1-2;;/h7-8H,2-6H2,1H3,(H,15,16,18);6-7H,1-5H2,(H2,14,15,17,19);1H3;2*1H4. The molecule has 13 heteroatoms. The van der Waals surface area contributed by atoms with Crippen LogP contribution < -0.4 is 22.4 Å². The monoisotopic (exact) mass is 744 g/mol. The second kappa shape index (κ2) is 17.1. The fraction of sp³-hybridized carbons (Fsp3) is 0.533. The fourth-order valence-electron chi connectivity index (χ4n) is 4.77. The van der Waals surface area contributed by atoms with Gasteiger partial charge in [-0.05, 0) is 72.1 Å². The molecule has 4 heterocycles. The summed E-state index contributed by atoms with van der Waals surface area (Å²) in [4.78, 5) is 61.3. The number of rotatable bonds is 9. The molecule has 0 radical (unpaired) electrons. The van der Waals surface area contributed by atoms with E-state index in [2.05, 4.69) is 42.5 Å². The second-order valence-corrected chi connectivity index (χ2v) is 11.4. The summed E-state index contributed by atoms with van der Waals surface area (Å²) in [5.41, 5.74) is 0.370. The van der Waals surface area contributed by atoms with Crippen molar-refractivity contribution in [2.24, 2.45) is 11.8 Å². The lowest BCUT2D eigenvalue weighted by Gasteiger charge is -2.05. The van der Waals surface area contributed by atoms with E-state index < -0.39 is 11.3 Å². The van der Waals surface area contributed by atoms with E-state index in [1.165, 1.54) is 49.6 Å². The average molecular weight is 745 g/mol. The number of aromatic amines is 3. The normalized spacial score (nSPS) is 13.7. The Morgan fingerprint density at radius 1 is 0.837 bits per heavy atom. The maximum Gasteiger partial charge on any atom is 0.337 e. The minimum atomic E-state index is -0.454. The SMILES string of the molecule is C.C.CI.CSc1nc2oc(=O)cc(CCCC3CC3)c2c(=O)[nH]1.O=c1cc(CCCC2CC2)c2c(=O)[nH]c(=S)[nH]c2o1. The number of aryl methyl sites for hydroxylation is 2. The lowest BCUT2D eigenvalue weighted by Crippen LogP contribution is -2.14. The summed E-state index contributed by atoms with van der Waals surface area (Å²) < 4.78 is 10.2. The third kappa shape index (κ3) is 10.3. The number of nitrogens with one attached hydrogen (secondary N) is 3. The Labute approximate surface area is 273 Å². The van der Waals surface area contributed by atoms with Crippen LogP contribution >= 0.6 is 46.6 Å². The van der Waals surface area contributed by atoms with Gasteiger partial charge in [0.05, 0.1) is 0 Å². The molecule has 4 aromatic heterocycles. The van der Waals surface area contributed by atoms with E-state index in [-0.39, 0.29) is 42.2 Å². The Kier molecular flexibility index (Phi) is 14.6. The van der Waals surface area contributed by atoms with Crippen molar-refractivity contribution in [1.82, 2.24) is 19.9 Å². The van der Waals surface area contributed by atoms with Gasteiger partial charge in [0.1, 0.15) is 10.8 Å². The van der Waals surface area contributed by atoms with Crippen molar-refractivity contribution >= 4 is 68.8 Å². The highest BCUT2D eigenvalue weighted by Crippen LogP contribution is 2.34. The molecule has 0 atom stereocenters. The van der Waals surface area contributed by atoms with Crippen LogP contribution in [-0.4, -0.2) is 31.1 Å². The van der Waals surface area contributed by atoms with Crippen molar-refractivity contribution in [1.29, 1.82) is 0 Å². The lowest BCUT2D eigenvalue weighted by molar-refractivity contribution is 0.540. The van der Waals surface area contributed by atoms with E-state index in [0.29, 0.717) is 22.3 Å². The first-order valence-electron chi connectivity index (χ1n) is 13.6. The van der Waals surface area contributed by atoms with E-state index >= 15 is 0 Å². The van der Waals surface area contributed by atoms with E-state index in [1.807, 2.05) is 11.2 Å². The Bertz CT molecular complexity index is 1800. The Balaban J connectivity index is 0.000000272. The maximum atomic E-state index is 12.1. The molecule has 2 aliphatic rings. The molecule has 4 aromatic rings. The molecule has 10 nitrogen and oxygen atoms in total. The van der Waals surface area contributed by atoms with Gasteiger partial charge < -0.3 is 18.8 Å². The van der Waals surface area contributed by atoms with E-state index in [0.717, 1.165) is 55.1 Å². The second-order valence-electron chi connectivity index (χ2n) is 10.2. The number of alkyl halides is 1. The van der Waals surface area contributed by atoms with E-state index in [4.69, 9.17) is 21.1 Å². The number of thioether (sulfide) groups is 1. The zero-order valence-corrected chi connectivity index (χ0v) is 26.8. The molecule has 2 saturated carbocycles. The average Bonchev–Trinajstić information content (AvgIpc) is 3.85. The first-order valence-corrected chi connectivity index (χ1v) is 17.4. The fourth-order valence-corrected chi connectivity index (χ4v) is 5.33. The molecule has 3 N–H and O–H groups in total. The minimum Gasteiger partial charge on any atom is -0.405 e. The predicted molar refractivity (Wildman–Crippen MR) is 186 cm³/mol. The Hall–Kier alpha value is -2.52. The number of H-pyrrole nitrogens is 3. The first-order chi connectivity index (χ1) is 19.8. The Morgan fingerprint density at radius 3 is 1.88 bits per heavy atom. The maximum absolute atomic E-state index is 12.1. The van der Waals surface area contributed by atoms with Crippen molar-refractivity contribution in [2.75, 3.05) is 11.2 Å². The highest BCUT2D eigenvalue weighted by atomic mass is 127. The highest BCUT2D eigenvalue weighted by molar-refractivity contribution is 14.1. The number of halogens is 1. The van der Waals surface area contributed by atoms with Crippen LogP contribution in [0.3, 0.4) is 0 Å². The molecule has 0 bridgehead atoms. The topological polar surface area (TPSA) is 155 Å². The molecular weight excluding hydrogens is 703 g/mol. The number of nitrogens with zero attached hydrogens (tertiary/aromatic N) is 1. The van der Waals surface area contributed by atoms with Crippen molar-refractivity contribution in [3.05, 3.63) is 69.6 Å². The summed E-state index contributed by atoms with van der Waals surface area (Å²) in [7, 11) is 0. The molecule has 0 aliphatic heterocycles. The molecule has 0 amide bonds. The van der Waals surface area contributed by atoms with Gasteiger partial charge in [-0.25, -0.2) is 9.59 Å². The van der Waals surface area contributed by atoms with Gasteiger partial charge in [0.25, 0.3) is 11.1 Å². The van der Waals surface area contributed by atoms with Crippen molar-refractivity contribution in [2.45, 2.75) is 84.2 Å². The number of hydrogen-bond donors (Lipinski definition) is 3. The number of fused-ring (bicyclic) bond motifs is 2. The smallest absolute Gasteiger partial charge is 0.337 e. The Morgan fingerprint density at radius 2 is 1.35 bits per heavy atom. The van der Waals surface area contributed by atoms with Crippen molar-refractivity contribution < 1.29 is 8.83 Å². The third-order valence-electron chi connectivity index (χ3n) is 7.10. The van der Waals surface area contributed by atoms with Gasteiger partial charge in [-0.3, -0.25) is 14.6 Å². The summed E-state index contributed by atoms with van der Waals surface area (Å²) in [6.07, 6.45) is 12.8. The first kappa shape index (κ1) is 36.7. The van der Waals surface area contributed by atoms with Crippen LogP contribution in [0.4, 0.5) is 0 Å². The van der Waals surface area contributed by atoms with Crippen LogP contribution in [-0.2, 0) is 12.8 Å². The van der Waals surface area contributed by atoms with Gasteiger partial charge in [-0.15, -0.1) is 0 Å². The third-order valence-corrected chi connectivity index (χ3v) is 7.89. The summed E-state index contributed by atoms with van der Waals surface area (Å²) in [6, 6.07) is 2.83. The summed E-state index contributed by atoms with van der Waals surface area (Å²) in [5, 5.41) is 1.28. The molecule has 43 heavy (non-hydrogen) atoms. The molecule has 6 rings (SSSR count). The molecular formula is C30H41IN4O6S2. The van der Waals surface area contributed by atoms with Crippen LogP contribution in [0.5, 0.6) is 0 Å². The summed E-state index contributed by atoms with van der Waals surface area (Å²) in [6.45, 7) is 0. The quantitative estimate of drug-likeness (QED) is 0.0545. The molecule has 0 unspecified atom stereocenters. The molecule has 0 saturated heterocycles. The molecule has 2 fully saturated rings. The van der Waals surface area contributed by atoms with Crippen LogP contribution in [0.2, 0.25) is 0 Å². The van der Waals surface area contributed by atoms with Crippen molar-refractivity contribution in [3.63, 3.8) is 0 Å². The van der Waals surface area contributed by atoms with Crippen LogP contribution in [0.1, 0.15) is 77.3 Å². The predicted octanol–water partition coefficient (Wildman–Crippen LogP) is 6.93. The lowest BCUT2D eigenvalue weighted by atomic mass is 10.1. The molecule has 0 aromatic carbocycles. The summed E-state index contributed by atoms with van der Waals surface area (Å²) in [5.74, 6) is 1.69.